The highest BCUT2D eigenvalue weighted by Gasteiger charge is 2.39. The van der Waals surface area contributed by atoms with Crippen molar-refractivity contribution in [1.29, 1.82) is 0 Å². The molecular formula is C20H18ClN3O4. The molecule has 2 aliphatic rings. The number of pyridine rings is 1. The number of halogens is 1. The van der Waals surface area contributed by atoms with Crippen molar-refractivity contribution >= 4 is 29.3 Å². The molecule has 3 heterocycles. The first kappa shape index (κ1) is 18.4. The van der Waals surface area contributed by atoms with Crippen LogP contribution in [0.3, 0.4) is 0 Å². The number of alkyl halides is 1. The van der Waals surface area contributed by atoms with E-state index in [1.807, 2.05) is 18.2 Å². The molecule has 2 aliphatic heterocycles. The Balaban J connectivity index is 1.64. The van der Waals surface area contributed by atoms with Gasteiger partial charge in [-0.1, -0.05) is 6.07 Å². The molecule has 7 nitrogen and oxygen atoms in total. The second-order valence-electron chi connectivity index (χ2n) is 6.81. The monoisotopic (exact) mass is 399 g/mol. The van der Waals surface area contributed by atoms with Crippen LogP contribution < -0.4 is 10.1 Å². The van der Waals surface area contributed by atoms with E-state index in [9.17, 15) is 14.4 Å². The molecule has 4 rings (SSSR count). The fourth-order valence-electron chi connectivity index (χ4n) is 3.62. The number of fused-ring (bicyclic) bond motifs is 1. The second kappa shape index (κ2) is 7.24. The first-order chi connectivity index (χ1) is 13.5. The van der Waals surface area contributed by atoms with Gasteiger partial charge in [-0.25, -0.2) is 4.98 Å². The van der Waals surface area contributed by atoms with E-state index >= 15 is 0 Å². The summed E-state index contributed by atoms with van der Waals surface area (Å²) in [4.78, 5) is 42.3. The Labute approximate surface area is 166 Å². The number of hydrogen-bond donors (Lipinski definition) is 1. The third-order valence-corrected chi connectivity index (χ3v) is 5.35. The number of nitrogens with one attached hydrogen (secondary N) is 1. The molecule has 0 bridgehead atoms. The lowest BCUT2D eigenvalue weighted by molar-refractivity contribution is -0.136. The van der Waals surface area contributed by atoms with E-state index in [1.165, 1.54) is 4.90 Å². The highest BCUT2D eigenvalue weighted by molar-refractivity contribution is 6.17. The highest BCUT2D eigenvalue weighted by Crippen LogP contribution is 2.31. The maximum atomic E-state index is 12.8. The van der Waals surface area contributed by atoms with Gasteiger partial charge in [-0.05, 0) is 35.7 Å². The van der Waals surface area contributed by atoms with E-state index in [1.54, 1.807) is 19.2 Å². The van der Waals surface area contributed by atoms with Crippen molar-refractivity contribution in [3.05, 3.63) is 47.0 Å². The number of carbonyl (C=O) groups is 3. The quantitative estimate of drug-likeness (QED) is 0.629. The van der Waals surface area contributed by atoms with Gasteiger partial charge in [-0.3, -0.25) is 19.7 Å². The Bertz CT molecular complexity index is 969. The number of nitrogens with zero attached hydrogens (tertiary/aromatic N) is 2. The van der Waals surface area contributed by atoms with Crippen molar-refractivity contribution in [3.8, 4) is 17.1 Å². The van der Waals surface area contributed by atoms with Crippen molar-refractivity contribution in [2.75, 3.05) is 7.11 Å². The molecule has 1 atom stereocenters. The van der Waals surface area contributed by atoms with Gasteiger partial charge in [0.05, 0.1) is 12.8 Å². The van der Waals surface area contributed by atoms with E-state index in [0.29, 0.717) is 36.0 Å². The Morgan fingerprint density at radius 3 is 2.79 bits per heavy atom. The van der Waals surface area contributed by atoms with Crippen LogP contribution in [0, 0.1) is 0 Å². The number of methoxy groups -OCH3 is 1. The summed E-state index contributed by atoms with van der Waals surface area (Å²) < 4.78 is 5.24. The van der Waals surface area contributed by atoms with Crippen molar-refractivity contribution in [2.45, 2.75) is 31.3 Å². The lowest BCUT2D eigenvalue weighted by Crippen LogP contribution is -2.52. The van der Waals surface area contributed by atoms with Gasteiger partial charge in [0.1, 0.15) is 6.04 Å². The highest BCUT2D eigenvalue weighted by atomic mass is 35.5. The van der Waals surface area contributed by atoms with Crippen molar-refractivity contribution in [2.24, 2.45) is 0 Å². The molecule has 0 saturated carbocycles. The third kappa shape index (κ3) is 3.22. The fraction of sp³-hybridized carbons (Fsp3) is 0.300. The summed E-state index contributed by atoms with van der Waals surface area (Å²) in [5.41, 5.74) is 3.80. The molecule has 28 heavy (non-hydrogen) atoms. The molecule has 144 valence electrons. The summed E-state index contributed by atoms with van der Waals surface area (Å²) in [5.74, 6) is -0.116. The Hall–Kier alpha value is -2.93. The molecule has 1 N–H and O–H groups in total. The molecule has 3 amide bonds. The maximum absolute atomic E-state index is 12.8. The number of benzene rings is 1. The minimum atomic E-state index is -0.626. The predicted octanol–water partition coefficient (Wildman–Crippen LogP) is 2.26. The smallest absolute Gasteiger partial charge is 0.255 e. The van der Waals surface area contributed by atoms with Gasteiger partial charge < -0.3 is 9.64 Å². The zero-order valence-electron chi connectivity index (χ0n) is 15.2. The fourth-order valence-corrected chi connectivity index (χ4v) is 3.78. The average molecular weight is 400 g/mol. The van der Waals surface area contributed by atoms with E-state index < -0.39 is 11.9 Å². The number of aromatic nitrogens is 1. The van der Waals surface area contributed by atoms with Gasteiger partial charge in [0.15, 0.2) is 0 Å². The third-order valence-electron chi connectivity index (χ3n) is 5.04. The molecule has 1 saturated heterocycles. The van der Waals surface area contributed by atoms with Crippen LogP contribution in [-0.2, 0) is 22.0 Å². The minimum Gasteiger partial charge on any atom is -0.481 e. The number of ether oxygens (including phenoxy) is 1. The standard InChI is InChI=1S/C20H18ClN3O4/c1-28-18-7-11(9-21)6-15(22-18)12-2-3-14-13(8-12)10-24(20(14)27)16-4-5-17(25)23-19(16)26/h2-3,6-8,16H,4-5,9-10H2,1H3,(H,23,25,26). The molecular weight excluding hydrogens is 382 g/mol. The zero-order valence-corrected chi connectivity index (χ0v) is 16.0. The van der Waals surface area contributed by atoms with Crippen LogP contribution in [0.2, 0.25) is 0 Å². The molecule has 1 unspecified atom stereocenters. The van der Waals surface area contributed by atoms with Crippen LogP contribution in [0.1, 0.15) is 34.3 Å². The molecule has 1 fully saturated rings. The van der Waals surface area contributed by atoms with Crippen LogP contribution in [-0.4, -0.2) is 40.8 Å². The Morgan fingerprint density at radius 1 is 1.25 bits per heavy atom. The molecule has 0 radical (unpaired) electrons. The topological polar surface area (TPSA) is 88.6 Å². The van der Waals surface area contributed by atoms with Gasteiger partial charge in [0, 0.05) is 36.0 Å². The van der Waals surface area contributed by atoms with Crippen molar-refractivity contribution in [1.82, 2.24) is 15.2 Å². The number of carbonyl (C=O) groups excluding carboxylic acids is 3. The van der Waals surface area contributed by atoms with Gasteiger partial charge in [-0.2, -0.15) is 0 Å². The van der Waals surface area contributed by atoms with E-state index in [0.717, 1.165) is 16.7 Å². The molecule has 0 aliphatic carbocycles. The first-order valence-electron chi connectivity index (χ1n) is 8.89. The molecule has 1 aromatic carbocycles. The number of rotatable bonds is 4. The normalized spacial score (nSPS) is 18.9. The van der Waals surface area contributed by atoms with E-state index in [2.05, 4.69) is 10.3 Å². The number of amides is 3. The maximum Gasteiger partial charge on any atom is 0.255 e. The largest absolute Gasteiger partial charge is 0.481 e. The van der Waals surface area contributed by atoms with Crippen LogP contribution in [0.5, 0.6) is 5.88 Å². The first-order valence-corrected chi connectivity index (χ1v) is 9.42. The number of imide groups is 1. The van der Waals surface area contributed by atoms with Gasteiger partial charge >= 0.3 is 0 Å². The summed E-state index contributed by atoms with van der Waals surface area (Å²) in [6.45, 7) is 0.320. The van der Waals surface area contributed by atoms with E-state index in [4.69, 9.17) is 16.3 Å². The van der Waals surface area contributed by atoms with Gasteiger partial charge in [-0.15, -0.1) is 11.6 Å². The summed E-state index contributed by atoms with van der Waals surface area (Å²) in [5, 5.41) is 2.31. The van der Waals surface area contributed by atoms with Crippen LogP contribution >= 0.6 is 11.6 Å². The predicted molar refractivity (Wildman–Crippen MR) is 102 cm³/mol. The summed E-state index contributed by atoms with van der Waals surface area (Å²) in [6.07, 6.45) is 0.574. The average Bonchev–Trinajstić information content (AvgIpc) is 3.03. The number of piperidine rings is 1. The van der Waals surface area contributed by atoms with E-state index in [-0.39, 0.29) is 18.2 Å². The minimum absolute atomic E-state index is 0.198. The van der Waals surface area contributed by atoms with Crippen LogP contribution in [0.4, 0.5) is 0 Å². The lowest BCUT2D eigenvalue weighted by atomic mass is 10.0. The summed E-state index contributed by atoms with van der Waals surface area (Å²) in [6, 6.07) is 8.51. The second-order valence-corrected chi connectivity index (χ2v) is 7.08. The summed E-state index contributed by atoms with van der Waals surface area (Å²) in [7, 11) is 1.54. The lowest BCUT2D eigenvalue weighted by Gasteiger charge is -2.29. The van der Waals surface area contributed by atoms with Gasteiger partial charge in [0.2, 0.25) is 17.7 Å². The van der Waals surface area contributed by atoms with Gasteiger partial charge in [0.25, 0.3) is 5.91 Å². The zero-order chi connectivity index (χ0) is 19.8. The van der Waals surface area contributed by atoms with Crippen molar-refractivity contribution in [3.63, 3.8) is 0 Å². The Kier molecular flexibility index (Phi) is 4.77. The molecule has 2 aromatic rings. The van der Waals surface area contributed by atoms with Crippen molar-refractivity contribution < 1.29 is 19.1 Å². The summed E-state index contributed by atoms with van der Waals surface area (Å²) >= 11 is 5.96. The Morgan fingerprint density at radius 2 is 2.07 bits per heavy atom. The van der Waals surface area contributed by atoms with Crippen LogP contribution in [0.15, 0.2) is 30.3 Å². The molecule has 0 spiro atoms. The number of hydrogen-bond acceptors (Lipinski definition) is 5. The molecule has 8 heteroatoms. The van der Waals surface area contributed by atoms with Crippen LogP contribution in [0.25, 0.3) is 11.3 Å². The SMILES string of the molecule is COc1cc(CCl)cc(-c2ccc3c(c2)CN(C2CCC(=O)NC2=O)C3=O)n1. The molecule has 1 aromatic heterocycles.